The normalized spacial score (nSPS) is 14.7. The van der Waals surface area contributed by atoms with Crippen LogP contribution in [-0.2, 0) is 11.3 Å². The largest absolute Gasteiger partial charge is 0.334 e. The number of hydrogen-bond acceptors (Lipinski definition) is 3. The van der Waals surface area contributed by atoms with Crippen LogP contribution in [0.5, 0.6) is 0 Å². The lowest BCUT2D eigenvalue weighted by atomic mass is 10.2. The summed E-state index contributed by atoms with van der Waals surface area (Å²) in [6.07, 6.45) is 1.84. The molecule has 3 rings (SSSR count). The third-order valence-corrected chi connectivity index (χ3v) is 4.08. The van der Waals surface area contributed by atoms with Gasteiger partial charge in [0.05, 0.1) is 23.4 Å². The molecule has 1 fully saturated rings. The van der Waals surface area contributed by atoms with Gasteiger partial charge in [0.2, 0.25) is 5.12 Å². The minimum Gasteiger partial charge on any atom is -0.334 e. The standard InChI is InChI=1S/C16H12N2O2S/c1-3-4-9-17-10-14(12-7-5-6-8-13(12)17)18-11(2)15(19)21-16(18)20/h5-8,10H,2,9H2,1H3. The summed E-state index contributed by atoms with van der Waals surface area (Å²) in [5, 5.41) is 0.292. The van der Waals surface area contributed by atoms with Gasteiger partial charge in [-0.25, -0.2) is 0 Å². The lowest BCUT2D eigenvalue weighted by Gasteiger charge is -2.13. The molecule has 5 heteroatoms. The summed E-state index contributed by atoms with van der Waals surface area (Å²) < 4.78 is 1.97. The molecule has 1 amide bonds. The number of hydrogen-bond donors (Lipinski definition) is 0. The van der Waals surface area contributed by atoms with Crippen LogP contribution in [0.2, 0.25) is 0 Å². The van der Waals surface area contributed by atoms with Gasteiger partial charge in [0.25, 0.3) is 5.24 Å². The van der Waals surface area contributed by atoms with Crippen molar-refractivity contribution < 1.29 is 9.59 Å². The molecule has 0 bridgehead atoms. The molecule has 1 aliphatic rings. The molecule has 0 atom stereocenters. The zero-order valence-electron chi connectivity index (χ0n) is 11.4. The van der Waals surface area contributed by atoms with E-state index in [9.17, 15) is 9.59 Å². The number of amides is 1. The molecule has 0 radical (unpaired) electrons. The van der Waals surface area contributed by atoms with Crippen molar-refractivity contribution in [1.29, 1.82) is 0 Å². The molecular formula is C16H12N2O2S. The van der Waals surface area contributed by atoms with Crippen molar-refractivity contribution in [3.8, 4) is 11.8 Å². The highest BCUT2D eigenvalue weighted by Gasteiger charge is 2.35. The number of benzene rings is 1. The third kappa shape index (κ3) is 2.14. The minimum atomic E-state index is -0.311. The van der Waals surface area contributed by atoms with Gasteiger partial charge in [0.15, 0.2) is 0 Å². The second-order valence-corrected chi connectivity index (χ2v) is 5.45. The molecular weight excluding hydrogens is 284 g/mol. The van der Waals surface area contributed by atoms with E-state index in [1.165, 1.54) is 4.90 Å². The Bertz CT molecular complexity index is 839. The van der Waals surface area contributed by atoms with Gasteiger partial charge in [-0.1, -0.05) is 30.7 Å². The van der Waals surface area contributed by atoms with E-state index in [-0.39, 0.29) is 16.1 Å². The van der Waals surface area contributed by atoms with E-state index in [4.69, 9.17) is 0 Å². The maximum Gasteiger partial charge on any atom is 0.298 e. The van der Waals surface area contributed by atoms with Crippen LogP contribution < -0.4 is 4.90 Å². The van der Waals surface area contributed by atoms with Crippen LogP contribution >= 0.6 is 11.8 Å². The number of rotatable bonds is 2. The van der Waals surface area contributed by atoms with Crippen LogP contribution in [0.4, 0.5) is 10.5 Å². The summed E-state index contributed by atoms with van der Waals surface area (Å²) in [6, 6.07) is 7.73. The number of carbonyl (C=O) groups excluding carboxylic acids is 2. The summed E-state index contributed by atoms with van der Waals surface area (Å²) >= 11 is 0.678. The molecule has 0 saturated carbocycles. The fourth-order valence-corrected chi connectivity index (χ4v) is 3.00. The molecule has 104 valence electrons. The quantitative estimate of drug-likeness (QED) is 0.630. The van der Waals surface area contributed by atoms with Crippen molar-refractivity contribution >= 4 is 38.7 Å². The molecule has 1 aliphatic heterocycles. The first kappa shape index (κ1) is 13.5. The van der Waals surface area contributed by atoms with Gasteiger partial charge in [0.1, 0.15) is 0 Å². The van der Waals surface area contributed by atoms with E-state index >= 15 is 0 Å². The summed E-state index contributed by atoms with van der Waals surface area (Å²) in [4.78, 5) is 25.1. The highest BCUT2D eigenvalue weighted by Crippen LogP contribution is 2.38. The van der Waals surface area contributed by atoms with Crippen molar-refractivity contribution in [1.82, 2.24) is 4.57 Å². The van der Waals surface area contributed by atoms with E-state index in [0.717, 1.165) is 10.9 Å². The van der Waals surface area contributed by atoms with E-state index < -0.39 is 0 Å². The molecule has 0 unspecified atom stereocenters. The maximum absolute atomic E-state index is 12.0. The van der Waals surface area contributed by atoms with Gasteiger partial charge >= 0.3 is 0 Å². The van der Waals surface area contributed by atoms with Crippen molar-refractivity contribution in [2.24, 2.45) is 0 Å². The molecule has 2 aromatic rings. The third-order valence-electron chi connectivity index (χ3n) is 3.30. The average Bonchev–Trinajstić information content (AvgIpc) is 2.95. The zero-order valence-corrected chi connectivity index (χ0v) is 12.2. The van der Waals surface area contributed by atoms with Crippen molar-refractivity contribution in [3.63, 3.8) is 0 Å². The first-order valence-electron chi connectivity index (χ1n) is 6.36. The van der Waals surface area contributed by atoms with Crippen molar-refractivity contribution in [2.75, 3.05) is 4.90 Å². The summed E-state index contributed by atoms with van der Waals surface area (Å²) in [6.45, 7) is 6.04. The number of anilines is 1. The number of aromatic nitrogens is 1. The zero-order chi connectivity index (χ0) is 15.0. The Hall–Kier alpha value is -2.45. The minimum absolute atomic E-state index is 0.203. The molecule has 0 aliphatic carbocycles. The van der Waals surface area contributed by atoms with Crippen LogP contribution in [0, 0.1) is 11.8 Å². The number of carbonyl (C=O) groups is 2. The molecule has 4 nitrogen and oxygen atoms in total. The van der Waals surface area contributed by atoms with E-state index in [1.807, 2.05) is 35.0 Å². The monoisotopic (exact) mass is 296 g/mol. The van der Waals surface area contributed by atoms with Gasteiger partial charge < -0.3 is 4.57 Å². The fraction of sp³-hybridized carbons (Fsp3) is 0.125. The predicted molar refractivity (Wildman–Crippen MR) is 85.0 cm³/mol. The number of thioether (sulfide) groups is 1. The Balaban J connectivity index is 2.18. The Labute approximate surface area is 126 Å². The van der Waals surface area contributed by atoms with Crippen molar-refractivity contribution in [3.05, 3.63) is 42.7 Å². The molecule has 0 N–H and O–H groups in total. The van der Waals surface area contributed by atoms with Gasteiger partial charge in [-0.15, -0.1) is 5.92 Å². The number of nitrogens with zero attached hydrogens (tertiary/aromatic N) is 2. The van der Waals surface area contributed by atoms with Gasteiger partial charge in [-0.05, 0) is 13.0 Å². The average molecular weight is 296 g/mol. The topological polar surface area (TPSA) is 42.3 Å². The Morgan fingerprint density at radius 3 is 2.71 bits per heavy atom. The molecule has 0 spiro atoms. The van der Waals surface area contributed by atoms with E-state index in [2.05, 4.69) is 18.4 Å². The van der Waals surface area contributed by atoms with Crippen molar-refractivity contribution in [2.45, 2.75) is 13.5 Å². The maximum atomic E-state index is 12.0. The smallest absolute Gasteiger partial charge is 0.298 e. The highest BCUT2D eigenvalue weighted by atomic mass is 32.2. The van der Waals surface area contributed by atoms with Gasteiger partial charge in [-0.2, -0.15) is 0 Å². The fourth-order valence-electron chi connectivity index (χ4n) is 2.33. The van der Waals surface area contributed by atoms with E-state index in [1.54, 1.807) is 6.92 Å². The first-order valence-corrected chi connectivity index (χ1v) is 7.17. The van der Waals surface area contributed by atoms with Crippen LogP contribution in [0.25, 0.3) is 10.9 Å². The van der Waals surface area contributed by atoms with Gasteiger partial charge in [0, 0.05) is 23.3 Å². The first-order chi connectivity index (χ1) is 10.1. The SMILES string of the molecule is C=C1C(=O)SC(=O)N1c1cn(CC#CC)c2ccccc12. The summed E-state index contributed by atoms with van der Waals surface area (Å²) in [5.41, 5.74) is 1.85. The number of fused-ring (bicyclic) bond motifs is 1. The molecule has 1 aromatic carbocycles. The Kier molecular flexibility index (Phi) is 3.32. The van der Waals surface area contributed by atoms with Crippen LogP contribution in [0.15, 0.2) is 42.7 Å². The molecule has 1 aromatic heterocycles. The van der Waals surface area contributed by atoms with Crippen LogP contribution in [0.3, 0.4) is 0 Å². The number of para-hydroxylation sites is 1. The Morgan fingerprint density at radius 1 is 1.29 bits per heavy atom. The molecule has 2 heterocycles. The lowest BCUT2D eigenvalue weighted by Crippen LogP contribution is -2.20. The predicted octanol–water partition coefficient (Wildman–Crippen LogP) is 3.38. The molecule has 21 heavy (non-hydrogen) atoms. The second kappa shape index (κ2) is 5.15. The highest BCUT2D eigenvalue weighted by molar-refractivity contribution is 8.27. The van der Waals surface area contributed by atoms with Gasteiger partial charge in [-0.3, -0.25) is 14.5 Å². The second-order valence-electron chi connectivity index (χ2n) is 4.52. The summed E-state index contributed by atoms with van der Waals surface area (Å²) in [5.74, 6) is 5.86. The van der Waals surface area contributed by atoms with E-state index in [0.29, 0.717) is 24.0 Å². The van der Waals surface area contributed by atoms with Crippen LogP contribution in [0.1, 0.15) is 6.92 Å². The Morgan fingerprint density at radius 2 is 2.05 bits per heavy atom. The van der Waals surface area contributed by atoms with Crippen LogP contribution in [-0.4, -0.2) is 14.9 Å². The summed E-state index contributed by atoms with van der Waals surface area (Å²) in [7, 11) is 0. The lowest BCUT2D eigenvalue weighted by molar-refractivity contribution is -0.107. The molecule has 1 saturated heterocycles.